The third kappa shape index (κ3) is 4.27. The lowest BCUT2D eigenvalue weighted by Gasteiger charge is -2.12. The first-order valence-corrected chi connectivity index (χ1v) is 8.36. The van der Waals surface area contributed by atoms with Gasteiger partial charge in [-0.25, -0.2) is 0 Å². The van der Waals surface area contributed by atoms with Gasteiger partial charge in [0.1, 0.15) is 16.9 Å². The fourth-order valence-corrected chi connectivity index (χ4v) is 2.96. The highest BCUT2D eigenvalue weighted by Crippen LogP contribution is 2.42. The van der Waals surface area contributed by atoms with Crippen molar-refractivity contribution in [1.82, 2.24) is 10.2 Å². The number of ether oxygens (including phenoxy) is 2. The van der Waals surface area contributed by atoms with Crippen molar-refractivity contribution in [2.75, 3.05) is 12.4 Å². The molecule has 0 saturated heterocycles. The molecule has 2 aromatic rings. The Balaban J connectivity index is 1.50. The molecule has 0 radical (unpaired) electrons. The number of hydrogen-bond acceptors (Lipinski definition) is 6. The molecule has 0 aliphatic heterocycles. The van der Waals surface area contributed by atoms with E-state index in [0.717, 1.165) is 16.3 Å². The molecule has 6 nitrogen and oxygen atoms in total. The summed E-state index contributed by atoms with van der Waals surface area (Å²) >= 11 is 1.44. The summed E-state index contributed by atoms with van der Waals surface area (Å²) < 4.78 is 10.8. The SMILES string of the molecule is COc1cccc(CO[C@@H](C)C(=O)Nc2nnc(C3CC3)s2)c1. The zero-order valence-corrected chi connectivity index (χ0v) is 13.9. The molecule has 1 N–H and O–H groups in total. The maximum absolute atomic E-state index is 12.1. The molecular weight excluding hydrogens is 314 g/mol. The Hall–Kier alpha value is -1.99. The second-order valence-corrected chi connectivity index (χ2v) is 6.52. The lowest BCUT2D eigenvalue weighted by molar-refractivity contribution is -0.127. The standard InChI is InChI=1S/C16H19N3O3S/c1-10(22-9-11-4-3-5-13(8-11)21-2)14(20)17-16-19-18-15(23-16)12-6-7-12/h3-5,8,10,12H,6-7,9H2,1-2H3,(H,17,19,20)/t10-/m0/s1. The van der Waals surface area contributed by atoms with E-state index in [1.807, 2.05) is 24.3 Å². The Labute approximate surface area is 138 Å². The van der Waals surface area contributed by atoms with Crippen molar-refractivity contribution in [2.24, 2.45) is 0 Å². The molecule has 23 heavy (non-hydrogen) atoms. The Bertz CT molecular complexity index is 685. The van der Waals surface area contributed by atoms with Crippen LogP contribution in [-0.4, -0.2) is 29.3 Å². The molecule has 7 heteroatoms. The topological polar surface area (TPSA) is 73.3 Å². The summed E-state index contributed by atoms with van der Waals surface area (Å²) in [6, 6.07) is 7.58. The van der Waals surface area contributed by atoms with Crippen LogP contribution in [0.2, 0.25) is 0 Å². The van der Waals surface area contributed by atoms with E-state index in [0.29, 0.717) is 17.7 Å². The highest BCUT2D eigenvalue weighted by molar-refractivity contribution is 7.15. The molecule has 0 spiro atoms. The molecule has 1 saturated carbocycles. The lowest BCUT2D eigenvalue weighted by atomic mass is 10.2. The van der Waals surface area contributed by atoms with Gasteiger partial charge in [-0.1, -0.05) is 23.5 Å². The van der Waals surface area contributed by atoms with Gasteiger partial charge in [0.15, 0.2) is 0 Å². The average Bonchev–Trinajstić information content (AvgIpc) is 3.32. The summed E-state index contributed by atoms with van der Waals surface area (Å²) in [5.74, 6) is 1.09. The van der Waals surface area contributed by atoms with Crippen LogP contribution in [0.5, 0.6) is 5.75 Å². The molecule has 3 rings (SSSR count). The molecule has 0 unspecified atom stereocenters. The summed E-state index contributed by atoms with van der Waals surface area (Å²) in [7, 11) is 1.62. The summed E-state index contributed by atoms with van der Waals surface area (Å²) in [5.41, 5.74) is 0.955. The first kappa shape index (κ1) is 15.9. The maximum atomic E-state index is 12.1. The summed E-state index contributed by atoms with van der Waals surface area (Å²) in [6.45, 7) is 2.06. The Morgan fingerprint density at radius 1 is 1.43 bits per heavy atom. The van der Waals surface area contributed by atoms with E-state index < -0.39 is 6.10 Å². The van der Waals surface area contributed by atoms with Gasteiger partial charge in [-0.15, -0.1) is 10.2 Å². The van der Waals surface area contributed by atoms with Gasteiger partial charge < -0.3 is 9.47 Å². The van der Waals surface area contributed by atoms with E-state index in [9.17, 15) is 4.79 Å². The first-order chi connectivity index (χ1) is 11.2. The number of rotatable bonds is 7. The number of nitrogens with one attached hydrogen (secondary N) is 1. The molecule has 1 aliphatic rings. The number of aromatic nitrogens is 2. The number of anilines is 1. The predicted molar refractivity (Wildman–Crippen MR) is 87.8 cm³/mol. The number of carbonyl (C=O) groups is 1. The monoisotopic (exact) mass is 333 g/mol. The van der Waals surface area contributed by atoms with E-state index in [2.05, 4.69) is 15.5 Å². The molecule has 0 bridgehead atoms. The molecule has 1 aromatic heterocycles. The summed E-state index contributed by atoms with van der Waals surface area (Å²) in [4.78, 5) is 12.1. The van der Waals surface area contributed by atoms with Crippen LogP contribution in [0.1, 0.15) is 36.3 Å². The number of carbonyl (C=O) groups excluding carboxylic acids is 1. The van der Waals surface area contributed by atoms with Gasteiger partial charge >= 0.3 is 0 Å². The zero-order valence-electron chi connectivity index (χ0n) is 13.1. The second kappa shape index (κ2) is 7.06. The zero-order chi connectivity index (χ0) is 16.2. The van der Waals surface area contributed by atoms with Gasteiger partial charge in [0.05, 0.1) is 13.7 Å². The van der Waals surface area contributed by atoms with Crippen LogP contribution in [0.15, 0.2) is 24.3 Å². The molecule has 1 fully saturated rings. The number of hydrogen-bond donors (Lipinski definition) is 1. The average molecular weight is 333 g/mol. The van der Waals surface area contributed by atoms with Gasteiger partial charge in [0, 0.05) is 5.92 Å². The van der Waals surface area contributed by atoms with E-state index in [-0.39, 0.29) is 5.91 Å². The highest BCUT2D eigenvalue weighted by Gasteiger charge is 2.28. The minimum Gasteiger partial charge on any atom is -0.497 e. The third-order valence-corrected chi connectivity index (χ3v) is 4.60. The van der Waals surface area contributed by atoms with Crippen LogP contribution in [0.25, 0.3) is 0 Å². The van der Waals surface area contributed by atoms with Crippen LogP contribution in [-0.2, 0) is 16.1 Å². The van der Waals surface area contributed by atoms with Gasteiger partial charge in [0.25, 0.3) is 5.91 Å². The van der Waals surface area contributed by atoms with Crippen LogP contribution >= 0.6 is 11.3 Å². The van der Waals surface area contributed by atoms with Gasteiger partial charge in [0.2, 0.25) is 5.13 Å². The predicted octanol–water partition coefficient (Wildman–Crippen LogP) is 2.97. The third-order valence-electron chi connectivity index (χ3n) is 3.60. The molecule has 1 heterocycles. The van der Waals surface area contributed by atoms with Crippen molar-refractivity contribution in [2.45, 2.75) is 38.4 Å². The van der Waals surface area contributed by atoms with E-state index in [1.165, 1.54) is 24.2 Å². The van der Waals surface area contributed by atoms with Crippen LogP contribution in [0, 0.1) is 0 Å². The molecule has 1 amide bonds. The lowest BCUT2D eigenvalue weighted by Crippen LogP contribution is -2.27. The van der Waals surface area contributed by atoms with E-state index in [4.69, 9.17) is 9.47 Å². The number of amides is 1. The van der Waals surface area contributed by atoms with Crippen molar-refractivity contribution in [3.63, 3.8) is 0 Å². The van der Waals surface area contributed by atoms with Gasteiger partial charge in [-0.2, -0.15) is 0 Å². The molecule has 1 aromatic carbocycles. The first-order valence-electron chi connectivity index (χ1n) is 7.54. The number of nitrogens with zero attached hydrogens (tertiary/aromatic N) is 2. The smallest absolute Gasteiger partial charge is 0.255 e. The molecular formula is C16H19N3O3S. The van der Waals surface area contributed by atoms with Gasteiger partial charge in [-0.05, 0) is 37.5 Å². The van der Waals surface area contributed by atoms with Crippen LogP contribution in [0.4, 0.5) is 5.13 Å². The van der Waals surface area contributed by atoms with E-state index in [1.54, 1.807) is 14.0 Å². The normalized spacial score (nSPS) is 15.2. The van der Waals surface area contributed by atoms with Crippen LogP contribution in [0.3, 0.4) is 0 Å². The minimum absolute atomic E-state index is 0.216. The van der Waals surface area contributed by atoms with Crippen molar-refractivity contribution in [3.8, 4) is 5.75 Å². The Kier molecular flexibility index (Phi) is 4.88. The molecule has 1 atom stereocenters. The Morgan fingerprint density at radius 3 is 3.00 bits per heavy atom. The minimum atomic E-state index is -0.575. The van der Waals surface area contributed by atoms with E-state index >= 15 is 0 Å². The largest absolute Gasteiger partial charge is 0.497 e. The quantitative estimate of drug-likeness (QED) is 0.843. The molecule has 1 aliphatic carbocycles. The van der Waals surface area contributed by atoms with Crippen molar-refractivity contribution < 1.29 is 14.3 Å². The van der Waals surface area contributed by atoms with Gasteiger partial charge in [-0.3, -0.25) is 10.1 Å². The highest BCUT2D eigenvalue weighted by atomic mass is 32.1. The fourth-order valence-electron chi connectivity index (χ4n) is 2.05. The summed E-state index contributed by atoms with van der Waals surface area (Å²) in [6.07, 6.45) is 1.76. The number of benzene rings is 1. The number of methoxy groups -OCH3 is 1. The maximum Gasteiger partial charge on any atom is 0.255 e. The summed E-state index contributed by atoms with van der Waals surface area (Å²) in [5, 5.41) is 12.4. The molecule has 122 valence electrons. The van der Waals surface area contributed by atoms with Crippen molar-refractivity contribution >= 4 is 22.4 Å². The van der Waals surface area contributed by atoms with Crippen LogP contribution < -0.4 is 10.1 Å². The fraction of sp³-hybridized carbons (Fsp3) is 0.438. The van der Waals surface area contributed by atoms with Crippen molar-refractivity contribution in [3.05, 3.63) is 34.8 Å². The Morgan fingerprint density at radius 2 is 2.26 bits per heavy atom. The van der Waals surface area contributed by atoms with Crippen molar-refractivity contribution in [1.29, 1.82) is 0 Å². The second-order valence-electron chi connectivity index (χ2n) is 5.51.